The van der Waals surface area contributed by atoms with Crippen LogP contribution in [0.3, 0.4) is 0 Å². The number of aryl methyl sites for hydroxylation is 1. The molecule has 26 heavy (non-hydrogen) atoms. The minimum absolute atomic E-state index is 0.124. The third-order valence-electron chi connectivity index (χ3n) is 4.53. The minimum atomic E-state index is -0.897. The van der Waals surface area contributed by atoms with Crippen molar-refractivity contribution >= 4 is 28.7 Å². The lowest BCUT2D eigenvalue weighted by Gasteiger charge is -2.15. The Morgan fingerprint density at radius 2 is 2.15 bits per heavy atom. The molecule has 2 aromatic rings. The summed E-state index contributed by atoms with van der Waals surface area (Å²) in [6, 6.07) is 3.92. The molecule has 10 nitrogen and oxygen atoms in total. The Morgan fingerprint density at radius 1 is 1.38 bits per heavy atom. The molecule has 1 amide bonds. The molecular formula is C16H17N3O7. The third kappa shape index (κ3) is 3.44. The van der Waals surface area contributed by atoms with Gasteiger partial charge in [0.05, 0.1) is 22.4 Å². The van der Waals surface area contributed by atoms with Crippen LogP contribution in [-0.2, 0) is 16.1 Å². The van der Waals surface area contributed by atoms with Gasteiger partial charge in [0.25, 0.3) is 5.69 Å². The Hall–Kier alpha value is -3.17. The first kappa shape index (κ1) is 17.6. The van der Waals surface area contributed by atoms with Gasteiger partial charge in [0.2, 0.25) is 5.91 Å². The third-order valence-corrected chi connectivity index (χ3v) is 4.53. The lowest BCUT2D eigenvalue weighted by atomic mass is 10.1. The number of amides is 1. The number of nitro benzene ring substituents is 1. The van der Waals surface area contributed by atoms with Gasteiger partial charge in [-0.1, -0.05) is 0 Å². The van der Waals surface area contributed by atoms with Crippen molar-refractivity contribution in [3.8, 4) is 0 Å². The number of aliphatic carboxylic acids is 1. The first-order valence-corrected chi connectivity index (χ1v) is 8.15. The number of oxazole rings is 1. The lowest BCUT2D eigenvalue weighted by Crippen LogP contribution is -2.30. The standard InChI is InChI=1S/C16H17N3O7/c20-14(17-7-5-10(9-17)15(21)22)2-1-6-18-12-4-3-11(19(24)25)8-13(12)26-16(18)23/h3-4,8,10H,1-2,5-7,9H2,(H,21,22). The molecule has 1 saturated heterocycles. The Kier molecular flexibility index (Phi) is 4.74. The van der Waals surface area contributed by atoms with Crippen molar-refractivity contribution in [2.45, 2.75) is 25.8 Å². The quantitative estimate of drug-likeness (QED) is 0.602. The van der Waals surface area contributed by atoms with Gasteiger partial charge < -0.3 is 14.4 Å². The maximum Gasteiger partial charge on any atom is 0.419 e. The number of aromatic nitrogens is 1. The van der Waals surface area contributed by atoms with Gasteiger partial charge in [-0.15, -0.1) is 0 Å². The number of benzene rings is 1. The molecule has 138 valence electrons. The number of rotatable bonds is 6. The highest BCUT2D eigenvalue weighted by Gasteiger charge is 2.30. The van der Waals surface area contributed by atoms with Crippen LogP contribution < -0.4 is 5.76 Å². The van der Waals surface area contributed by atoms with E-state index in [1.54, 1.807) is 0 Å². The number of hydrogen-bond donors (Lipinski definition) is 1. The topological polar surface area (TPSA) is 136 Å². The van der Waals surface area contributed by atoms with E-state index in [1.807, 2.05) is 0 Å². The molecule has 1 N–H and O–H groups in total. The van der Waals surface area contributed by atoms with Gasteiger partial charge in [-0.3, -0.25) is 24.3 Å². The maximum absolute atomic E-state index is 12.2. The van der Waals surface area contributed by atoms with Crippen molar-refractivity contribution in [2.75, 3.05) is 13.1 Å². The number of carbonyl (C=O) groups excluding carboxylic acids is 1. The van der Waals surface area contributed by atoms with Crippen LogP contribution in [0, 0.1) is 16.0 Å². The molecule has 1 unspecified atom stereocenters. The number of likely N-dealkylation sites (tertiary alicyclic amines) is 1. The van der Waals surface area contributed by atoms with Gasteiger partial charge in [0.15, 0.2) is 5.58 Å². The van der Waals surface area contributed by atoms with Crippen LogP contribution in [0.25, 0.3) is 11.1 Å². The number of carbonyl (C=O) groups is 2. The molecule has 1 aliphatic heterocycles. The molecule has 1 fully saturated rings. The van der Waals surface area contributed by atoms with E-state index in [4.69, 9.17) is 9.52 Å². The van der Waals surface area contributed by atoms with E-state index < -0.39 is 22.6 Å². The van der Waals surface area contributed by atoms with E-state index >= 15 is 0 Å². The van der Waals surface area contributed by atoms with Gasteiger partial charge in [-0.2, -0.15) is 0 Å². The summed E-state index contributed by atoms with van der Waals surface area (Å²) in [5.41, 5.74) is 0.384. The fourth-order valence-corrected chi connectivity index (χ4v) is 3.12. The number of non-ortho nitro benzene ring substituents is 1. The Labute approximate surface area is 146 Å². The molecular weight excluding hydrogens is 346 g/mol. The van der Waals surface area contributed by atoms with Crippen LogP contribution in [0.4, 0.5) is 5.69 Å². The van der Waals surface area contributed by atoms with Crippen molar-refractivity contribution in [1.82, 2.24) is 9.47 Å². The van der Waals surface area contributed by atoms with Crippen LogP contribution in [-0.4, -0.2) is 44.5 Å². The molecule has 3 rings (SSSR count). The zero-order valence-electron chi connectivity index (χ0n) is 13.8. The molecule has 0 bridgehead atoms. The highest BCUT2D eigenvalue weighted by Crippen LogP contribution is 2.21. The summed E-state index contributed by atoms with van der Waals surface area (Å²) in [5.74, 6) is -2.20. The Morgan fingerprint density at radius 3 is 2.81 bits per heavy atom. The SMILES string of the molecule is O=C(O)C1CCN(C(=O)CCCn2c(=O)oc3cc([N+](=O)[O-])ccc32)C1. The second-order valence-electron chi connectivity index (χ2n) is 6.20. The van der Waals surface area contributed by atoms with Crippen molar-refractivity contribution < 1.29 is 24.0 Å². The number of nitrogens with zero attached hydrogens (tertiary/aromatic N) is 3. The number of carboxylic acids is 1. The predicted octanol–water partition coefficient (Wildman–Crippen LogP) is 1.22. The van der Waals surface area contributed by atoms with Crippen LogP contribution in [0.2, 0.25) is 0 Å². The molecule has 1 aromatic carbocycles. The fourth-order valence-electron chi connectivity index (χ4n) is 3.12. The molecule has 0 radical (unpaired) electrons. The molecule has 1 atom stereocenters. The van der Waals surface area contributed by atoms with Crippen molar-refractivity contribution in [1.29, 1.82) is 0 Å². The average molecular weight is 363 g/mol. The average Bonchev–Trinajstić information content (AvgIpc) is 3.19. The van der Waals surface area contributed by atoms with Gasteiger partial charge in [0.1, 0.15) is 0 Å². The maximum atomic E-state index is 12.2. The second-order valence-corrected chi connectivity index (χ2v) is 6.20. The first-order chi connectivity index (χ1) is 12.4. The summed E-state index contributed by atoms with van der Waals surface area (Å²) in [4.78, 5) is 46.8. The van der Waals surface area contributed by atoms with E-state index in [1.165, 1.54) is 27.7 Å². The molecule has 0 aliphatic carbocycles. The van der Waals surface area contributed by atoms with E-state index in [2.05, 4.69) is 0 Å². The minimum Gasteiger partial charge on any atom is -0.481 e. The highest BCUT2D eigenvalue weighted by atomic mass is 16.6. The molecule has 1 aromatic heterocycles. The Bertz CT molecular complexity index is 930. The second kappa shape index (κ2) is 6.98. The van der Waals surface area contributed by atoms with Crippen molar-refractivity contribution in [3.63, 3.8) is 0 Å². The highest BCUT2D eigenvalue weighted by molar-refractivity contribution is 5.79. The van der Waals surface area contributed by atoms with E-state index in [-0.39, 0.29) is 36.7 Å². The summed E-state index contributed by atoms with van der Waals surface area (Å²) >= 11 is 0. The van der Waals surface area contributed by atoms with Crippen LogP contribution in [0.1, 0.15) is 19.3 Å². The zero-order chi connectivity index (χ0) is 18.8. The normalized spacial score (nSPS) is 16.9. The molecule has 1 aliphatic rings. The smallest absolute Gasteiger partial charge is 0.419 e. The van der Waals surface area contributed by atoms with Crippen molar-refractivity contribution in [3.05, 3.63) is 38.9 Å². The van der Waals surface area contributed by atoms with Gasteiger partial charge in [0, 0.05) is 32.1 Å². The molecule has 2 heterocycles. The molecule has 0 spiro atoms. The summed E-state index contributed by atoms with van der Waals surface area (Å²) in [6.45, 7) is 0.867. The van der Waals surface area contributed by atoms with Crippen LogP contribution in [0.15, 0.2) is 27.4 Å². The van der Waals surface area contributed by atoms with E-state index in [0.717, 1.165) is 0 Å². The van der Waals surface area contributed by atoms with Gasteiger partial charge in [-0.25, -0.2) is 4.79 Å². The largest absolute Gasteiger partial charge is 0.481 e. The molecule has 0 saturated carbocycles. The number of carboxylic acid groups (broad SMARTS) is 1. The summed E-state index contributed by atoms with van der Waals surface area (Å²) in [6.07, 6.45) is 1.00. The summed E-state index contributed by atoms with van der Waals surface area (Å²) < 4.78 is 6.36. The van der Waals surface area contributed by atoms with E-state index in [0.29, 0.717) is 24.9 Å². The molecule has 10 heteroatoms. The van der Waals surface area contributed by atoms with Crippen LogP contribution >= 0.6 is 0 Å². The monoisotopic (exact) mass is 363 g/mol. The van der Waals surface area contributed by atoms with E-state index in [9.17, 15) is 24.5 Å². The number of fused-ring (bicyclic) bond motifs is 1. The number of hydrogen-bond acceptors (Lipinski definition) is 6. The predicted molar refractivity (Wildman–Crippen MR) is 88.7 cm³/mol. The lowest BCUT2D eigenvalue weighted by molar-refractivity contribution is -0.384. The van der Waals surface area contributed by atoms with Crippen LogP contribution in [0.5, 0.6) is 0 Å². The van der Waals surface area contributed by atoms with Gasteiger partial charge >= 0.3 is 11.7 Å². The fraction of sp³-hybridized carbons (Fsp3) is 0.438. The Balaban J connectivity index is 1.62. The zero-order valence-corrected chi connectivity index (χ0v) is 13.8. The number of nitro groups is 1. The van der Waals surface area contributed by atoms with Gasteiger partial charge in [-0.05, 0) is 18.9 Å². The summed E-state index contributed by atoms with van der Waals surface area (Å²) in [5, 5.41) is 19.7. The summed E-state index contributed by atoms with van der Waals surface area (Å²) in [7, 11) is 0. The first-order valence-electron chi connectivity index (χ1n) is 8.15. The van der Waals surface area contributed by atoms with Crippen molar-refractivity contribution in [2.24, 2.45) is 5.92 Å².